The number of hydrogen-bond acceptors (Lipinski definition) is 6. The van der Waals surface area contributed by atoms with Crippen molar-refractivity contribution in [3.8, 4) is 0 Å². The molecule has 13 heteroatoms. The third-order valence-corrected chi connectivity index (χ3v) is 8.05. The Morgan fingerprint density at radius 3 is 2.55 bits per heavy atom. The van der Waals surface area contributed by atoms with Gasteiger partial charge in [0.25, 0.3) is 5.91 Å². The number of halogens is 3. The molecule has 5 amide bonds. The van der Waals surface area contributed by atoms with E-state index in [1.54, 1.807) is 6.08 Å². The molecule has 3 unspecified atom stereocenters. The van der Waals surface area contributed by atoms with Gasteiger partial charge >= 0.3 is 12.2 Å². The lowest BCUT2D eigenvalue weighted by Crippen LogP contribution is -2.49. The number of ether oxygens (including phenoxy) is 1. The minimum Gasteiger partial charge on any atom is -0.381 e. The largest absolute Gasteiger partial charge is 0.417 e. The normalized spacial score (nSPS) is 24.7. The van der Waals surface area contributed by atoms with Gasteiger partial charge in [0, 0.05) is 62.4 Å². The van der Waals surface area contributed by atoms with Gasteiger partial charge in [-0.05, 0) is 37.2 Å². The number of nitrogens with zero attached hydrogens (tertiary/aromatic N) is 2. The van der Waals surface area contributed by atoms with E-state index in [-0.39, 0.29) is 61.1 Å². The van der Waals surface area contributed by atoms with Gasteiger partial charge in [0.15, 0.2) is 0 Å². The molecule has 1 aromatic carbocycles. The summed E-state index contributed by atoms with van der Waals surface area (Å²) in [7, 11) is 1.42. The van der Waals surface area contributed by atoms with Crippen LogP contribution in [0.2, 0.25) is 0 Å². The summed E-state index contributed by atoms with van der Waals surface area (Å²) in [6, 6.07) is 6.06. The van der Waals surface area contributed by atoms with Gasteiger partial charge in [0.1, 0.15) is 17.9 Å². The van der Waals surface area contributed by atoms with Crippen LogP contribution in [0, 0.1) is 29.9 Å². The molecule has 0 aromatic heterocycles. The minimum atomic E-state index is -4.74. The van der Waals surface area contributed by atoms with E-state index in [9.17, 15) is 32.3 Å². The Morgan fingerprint density at radius 1 is 1.12 bits per heavy atom. The van der Waals surface area contributed by atoms with Crippen LogP contribution in [-0.4, -0.2) is 66.8 Å². The van der Waals surface area contributed by atoms with Crippen molar-refractivity contribution in [2.75, 3.05) is 26.8 Å². The van der Waals surface area contributed by atoms with Crippen molar-refractivity contribution in [3.05, 3.63) is 59.3 Å². The molecule has 2 fully saturated rings. The maximum atomic E-state index is 13.9. The number of carbonyl (C=O) groups excluding carboxylic acids is 4. The predicted octanol–water partition coefficient (Wildman–Crippen LogP) is 2.50. The number of nitrogens with one attached hydrogen (secondary N) is 3. The molecule has 2 heterocycles. The fraction of sp³-hybridized carbons (Fsp3) is 0.483. The Bertz CT molecular complexity index is 1370. The molecular formula is C29H30F3N5O5. The molecule has 0 radical (unpaired) electrons. The minimum absolute atomic E-state index is 0.0500. The summed E-state index contributed by atoms with van der Waals surface area (Å²) in [5.41, 5.74) is -2.23. The summed E-state index contributed by atoms with van der Waals surface area (Å²) < 4.78 is 47.0. The van der Waals surface area contributed by atoms with E-state index in [4.69, 9.17) is 4.74 Å². The third-order valence-electron chi connectivity index (χ3n) is 8.05. The Labute approximate surface area is 240 Å². The van der Waals surface area contributed by atoms with E-state index in [0.717, 1.165) is 23.5 Å². The Balaban J connectivity index is 1.35. The molecule has 42 heavy (non-hydrogen) atoms. The van der Waals surface area contributed by atoms with Gasteiger partial charge in [0.05, 0.1) is 5.56 Å². The van der Waals surface area contributed by atoms with Gasteiger partial charge in [-0.2, -0.15) is 13.2 Å². The Kier molecular flexibility index (Phi) is 8.10. The molecule has 1 saturated heterocycles. The van der Waals surface area contributed by atoms with Crippen LogP contribution >= 0.6 is 0 Å². The van der Waals surface area contributed by atoms with Crippen molar-refractivity contribution in [2.45, 2.75) is 43.8 Å². The first-order valence-corrected chi connectivity index (χ1v) is 13.7. The number of amides is 5. The lowest BCUT2D eigenvalue weighted by Gasteiger charge is -2.30. The number of alkyl halides is 3. The first-order chi connectivity index (χ1) is 20.0. The summed E-state index contributed by atoms with van der Waals surface area (Å²) in [5.74, 6) is -2.16. The first-order valence-electron chi connectivity index (χ1n) is 13.7. The van der Waals surface area contributed by atoms with Gasteiger partial charge in [0.2, 0.25) is 11.8 Å². The Hall–Kier alpha value is -4.18. The van der Waals surface area contributed by atoms with Crippen molar-refractivity contribution in [1.29, 1.82) is 0 Å². The van der Waals surface area contributed by atoms with Crippen LogP contribution in [0.4, 0.5) is 18.0 Å². The van der Waals surface area contributed by atoms with E-state index in [0.29, 0.717) is 18.5 Å². The number of fused-ring (bicyclic) bond motifs is 2. The van der Waals surface area contributed by atoms with Gasteiger partial charge in [-0.25, -0.2) is 4.79 Å². The number of urea groups is 1. The zero-order valence-corrected chi connectivity index (χ0v) is 22.8. The molecule has 1 saturated carbocycles. The molecule has 10 nitrogen and oxygen atoms in total. The fourth-order valence-corrected chi connectivity index (χ4v) is 6.02. The number of imide groups is 1. The highest BCUT2D eigenvalue weighted by atomic mass is 19.4. The first kappa shape index (κ1) is 29.3. The molecule has 4 aliphatic rings. The molecule has 3 atom stereocenters. The second-order valence-electron chi connectivity index (χ2n) is 10.9. The van der Waals surface area contributed by atoms with E-state index < -0.39 is 41.7 Å². The second-order valence-corrected chi connectivity index (χ2v) is 10.9. The molecule has 5 rings (SSSR count). The van der Waals surface area contributed by atoms with Gasteiger partial charge < -0.3 is 15.4 Å². The van der Waals surface area contributed by atoms with Crippen LogP contribution in [0.15, 0.2) is 41.1 Å². The van der Waals surface area contributed by atoms with E-state index >= 15 is 0 Å². The van der Waals surface area contributed by atoms with Crippen LogP contribution in [0.1, 0.15) is 43.2 Å². The average Bonchev–Trinajstić information content (AvgIpc) is 3.11. The van der Waals surface area contributed by atoms with Crippen molar-refractivity contribution >= 4 is 29.6 Å². The van der Waals surface area contributed by atoms with E-state index in [1.165, 1.54) is 7.05 Å². The van der Waals surface area contributed by atoms with Crippen LogP contribution in [0.3, 0.4) is 0 Å². The van der Waals surface area contributed by atoms with E-state index in [2.05, 4.69) is 33.1 Å². The SMILES string of the molecule is CNC(=O)NC(=O)C1CC2C=CC(NC(=O)CN3C(=O)C4(CCOCC4)N=C3c3cc#ccc3C(F)(F)F)=CC(C2)C1. The molecular weight excluding hydrogens is 555 g/mol. The summed E-state index contributed by atoms with van der Waals surface area (Å²) in [6.07, 6.45) is 2.86. The maximum Gasteiger partial charge on any atom is 0.417 e. The summed E-state index contributed by atoms with van der Waals surface area (Å²) in [6.45, 7) is -0.121. The zero-order chi connectivity index (χ0) is 30.1. The van der Waals surface area contributed by atoms with Crippen molar-refractivity contribution in [1.82, 2.24) is 20.9 Å². The van der Waals surface area contributed by atoms with E-state index in [1.807, 2.05) is 12.2 Å². The molecule has 3 N–H and O–H groups in total. The highest BCUT2D eigenvalue weighted by molar-refractivity contribution is 6.17. The zero-order valence-electron chi connectivity index (χ0n) is 22.8. The summed E-state index contributed by atoms with van der Waals surface area (Å²) >= 11 is 0. The monoisotopic (exact) mass is 585 g/mol. The van der Waals surface area contributed by atoms with Gasteiger partial charge in [-0.3, -0.25) is 29.6 Å². The summed E-state index contributed by atoms with van der Waals surface area (Å²) in [4.78, 5) is 56.5. The van der Waals surface area contributed by atoms with Crippen LogP contribution in [0.5, 0.6) is 0 Å². The smallest absolute Gasteiger partial charge is 0.381 e. The van der Waals surface area contributed by atoms with Crippen molar-refractivity contribution in [3.63, 3.8) is 0 Å². The van der Waals surface area contributed by atoms with Crippen molar-refractivity contribution < 1.29 is 37.1 Å². The topological polar surface area (TPSA) is 129 Å². The van der Waals surface area contributed by atoms with Crippen LogP contribution < -0.4 is 16.0 Å². The number of carbonyl (C=O) groups is 4. The quantitative estimate of drug-likeness (QED) is 0.489. The van der Waals surface area contributed by atoms with Crippen LogP contribution in [-0.2, 0) is 25.3 Å². The lowest BCUT2D eigenvalue weighted by atomic mass is 9.75. The van der Waals surface area contributed by atoms with Crippen LogP contribution in [0.25, 0.3) is 0 Å². The highest BCUT2D eigenvalue weighted by Crippen LogP contribution is 2.39. The maximum absolute atomic E-state index is 13.9. The molecule has 2 bridgehead atoms. The summed E-state index contributed by atoms with van der Waals surface area (Å²) in [5, 5.41) is 7.45. The number of aliphatic imine (C=N–C) groups is 1. The number of amidine groups is 1. The lowest BCUT2D eigenvalue weighted by molar-refractivity contribution is -0.138. The Morgan fingerprint density at radius 2 is 1.83 bits per heavy atom. The molecule has 222 valence electrons. The second kappa shape index (κ2) is 11.6. The standard InChI is InChI=1S/C29H30F3N5O5/c1-33-27(41)35-25(39)19-13-17-6-7-20(15-18(12-17)14-19)34-23(38)16-37-24(21-4-2-3-5-22(21)29(30,31)32)36-28(26(37)40)8-10-42-11-9-28/h4-7,15,17-19H,8-14,16H2,1H3,(H,34,38)(H2,33,35,39,41). The van der Waals surface area contributed by atoms with Gasteiger partial charge in [-0.15, -0.1) is 0 Å². The van der Waals surface area contributed by atoms with Crippen molar-refractivity contribution in [2.24, 2.45) is 22.7 Å². The number of allylic oxidation sites excluding steroid dienone is 3. The number of rotatable bonds is 5. The number of hydrogen-bond donors (Lipinski definition) is 3. The molecule has 1 aromatic rings. The molecule has 1 spiro atoms. The third kappa shape index (κ3) is 6.04. The predicted molar refractivity (Wildman–Crippen MR) is 142 cm³/mol. The average molecular weight is 586 g/mol. The van der Waals surface area contributed by atoms with Gasteiger partial charge in [-0.1, -0.05) is 24.3 Å². The molecule has 2 aliphatic heterocycles. The highest BCUT2D eigenvalue weighted by Gasteiger charge is 2.51. The fourth-order valence-electron chi connectivity index (χ4n) is 6.02. The molecule has 2 aliphatic carbocycles.